The predicted molar refractivity (Wildman–Crippen MR) is 76.0 cm³/mol. The second-order valence-electron chi connectivity index (χ2n) is 4.55. The highest BCUT2D eigenvalue weighted by Gasteiger charge is 2.15. The van der Waals surface area contributed by atoms with Crippen LogP contribution in [0.25, 0.3) is 10.9 Å². The molecular weight excluding hydrogens is 236 g/mol. The fourth-order valence-corrected chi connectivity index (χ4v) is 2.41. The molecule has 0 bridgehead atoms. The maximum Gasteiger partial charge on any atom is 0.105 e. The number of nitrogens with one attached hydrogen (secondary N) is 1. The zero-order chi connectivity index (χ0) is 13.1. The molecule has 1 atom stereocenters. The summed E-state index contributed by atoms with van der Waals surface area (Å²) in [5.41, 5.74) is 2.26. The van der Waals surface area contributed by atoms with Crippen LogP contribution in [0.2, 0.25) is 0 Å². The Morgan fingerprint density at radius 1 is 1.16 bits per heavy atom. The molecule has 0 aliphatic carbocycles. The summed E-state index contributed by atoms with van der Waals surface area (Å²) in [7, 11) is 1.97. The number of aromatic nitrogens is 1. The van der Waals surface area contributed by atoms with E-state index in [1.165, 1.54) is 10.9 Å². The molecular formula is C16H16N2O. The highest BCUT2D eigenvalue weighted by Crippen LogP contribution is 2.25. The first kappa shape index (κ1) is 11.9. The lowest BCUT2D eigenvalue weighted by molar-refractivity contribution is 0.467. The second-order valence-corrected chi connectivity index (χ2v) is 4.55. The summed E-state index contributed by atoms with van der Waals surface area (Å²) < 4.78 is 5.44. The van der Waals surface area contributed by atoms with Gasteiger partial charge in [-0.2, -0.15) is 0 Å². The molecule has 0 radical (unpaired) electrons. The summed E-state index contributed by atoms with van der Waals surface area (Å²) >= 11 is 0. The Bertz CT molecular complexity index is 656. The van der Waals surface area contributed by atoms with Crippen LogP contribution in [0.4, 0.5) is 0 Å². The third-order valence-corrected chi connectivity index (χ3v) is 3.37. The van der Waals surface area contributed by atoms with Gasteiger partial charge in [-0.05, 0) is 30.8 Å². The number of pyridine rings is 1. The molecule has 0 aliphatic heterocycles. The van der Waals surface area contributed by atoms with Gasteiger partial charge in [0, 0.05) is 24.0 Å². The second kappa shape index (κ2) is 5.24. The van der Waals surface area contributed by atoms with Crippen molar-refractivity contribution in [2.45, 2.75) is 12.5 Å². The molecule has 1 unspecified atom stereocenters. The minimum atomic E-state index is 0.199. The zero-order valence-corrected chi connectivity index (χ0v) is 10.8. The van der Waals surface area contributed by atoms with Crippen molar-refractivity contribution >= 4 is 10.9 Å². The van der Waals surface area contributed by atoms with Crippen LogP contribution in [0.15, 0.2) is 59.3 Å². The Labute approximate surface area is 112 Å². The molecule has 2 aromatic heterocycles. The molecule has 3 rings (SSSR count). The van der Waals surface area contributed by atoms with E-state index in [0.717, 1.165) is 17.7 Å². The minimum Gasteiger partial charge on any atom is -0.469 e. The number of benzene rings is 1. The van der Waals surface area contributed by atoms with E-state index in [1.807, 2.05) is 31.4 Å². The summed E-state index contributed by atoms with van der Waals surface area (Å²) in [5.74, 6) is 0.979. The molecule has 0 saturated carbocycles. The van der Waals surface area contributed by atoms with Gasteiger partial charge >= 0.3 is 0 Å². The van der Waals surface area contributed by atoms with Crippen molar-refractivity contribution in [1.29, 1.82) is 0 Å². The van der Waals surface area contributed by atoms with Gasteiger partial charge in [-0.25, -0.2) is 0 Å². The smallest absolute Gasteiger partial charge is 0.105 e. The minimum absolute atomic E-state index is 0.199. The largest absolute Gasteiger partial charge is 0.469 e. The van der Waals surface area contributed by atoms with Gasteiger partial charge in [0.2, 0.25) is 0 Å². The molecule has 3 heteroatoms. The molecule has 0 fully saturated rings. The molecule has 0 saturated heterocycles. The van der Waals surface area contributed by atoms with Crippen molar-refractivity contribution in [2.75, 3.05) is 7.05 Å². The van der Waals surface area contributed by atoms with E-state index in [9.17, 15) is 0 Å². The Morgan fingerprint density at radius 3 is 2.84 bits per heavy atom. The lowest BCUT2D eigenvalue weighted by Crippen LogP contribution is -2.19. The Balaban J connectivity index is 2.01. The normalized spacial score (nSPS) is 12.7. The van der Waals surface area contributed by atoms with Crippen molar-refractivity contribution in [3.63, 3.8) is 0 Å². The van der Waals surface area contributed by atoms with Gasteiger partial charge in [-0.3, -0.25) is 4.98 Å². The summed E-state index contributed by atoms with van der Waals surface area (Å²) in [6, 6.07) is 14.5. The van der Waals surface area contributed by atoms with Crippen LogP contribution < -0.4 is 5.32 Å². The number of para-hydroxylation sites is 1. The van der Waals surface area contributed by atoms with Crippen LogP contribution in [-0.2, 0) is 6.42 Å². The third-order valence-electron chi connectivity index (χ3n) is 3.37. The number of nitrogens with zero attached hydrogens (tertiary/aromatic N) is 1. The SMILES string of the molecule is CNC(Cc1ccco1)c1cccc2cccnc12. The zero-order valence-electron chi connectivity index (χ0n) is 10.8. The van der Waals surface area contributed by atoms with Crippen molar-refractivity contribution in [3.05, 3.63) is 66.2 Å². The van der Waals surface area contributed by atoms with Gasteiger partial charge in [0.15, 0.2) is 0 Å². The lowest BCUT2D eigenvalue weighted by atomic mass is 9.99. The van der Waals surface area contributed by atoms with Gasteiger partial charge in [0.1, 0.15) is 5.76 Å². The van der Waals surface area contributed by atoms with Crippen molar-refractivity contribution < 1.29 is 4.42 Å². The van der Waals surface area contributed by atoms with Crippen LogP contribution >= 0.6 is 0 Å². The van der Waals surface area contributed by atoms with Gasteiger partial charge in [0.25, 0.3) is 0 Å². The topological polar surface area (TPSA) is 38.1 Å². The summed E-state index contributed by atoms with van der Waals surface area (Å²) in [5, 5.41) is 4.52. The number of hydrogen-bond donors (Lipinski definition) is 1. The highest BCUT2D eigenvalue weighted by molar-refractivity contribution is 5.82. The Morgan fingerprint density at radius 2 is 2.05 bits per heavy atom. The fraction of sp³-hybridized carbons (Fsp3) is 0.188. The first-order valence-electron chi connectivity index (χ1n) is 6.42. The molecule has 2 heterocycles. The molecule has 96 valence electrons. The molecule has 0 spiro atoms. The standard InChI is InChI=1S/C16H16N2O/c1-17-15(11-13-7-4-10-19-13)14-8-2-5-12-6-3-9-18-16(12)14/h2-10,15,17H,11H2,1H3. The van der Waals surface area contributed by atoms with Crippen LogP contribution in [0.1, 0.15) is 17.4 Å². The Hall–Kier alpha value is -2.13. The molecule has 0 amide bonds. The Kier molecular flexibility index (Phi) is 3.29. The van der Waals surface area contributed by atoms with Crippen molar-refractivity contribution in [2.24, 2.45) is 0 Å². The molecule has 0 aliphatic rings. The van der Waals surface area contributed by atoms with E-state index < -0.39 is 0 Å². The van der Waals surface area contributed by atoms with Gasteiger partial charge < -0.3 is 9.73 Å². The van der Waals surface area contributed by atoms with Gasteiger partial charge in [0.05, 0.1) is 11.8 Å². The monoisotopic (exact) mass is 252 g/mol. The number of hydrogen-bond acceptors (Lipinski definition) is 3. The highest BCUT2D eigenvalue weighted by atomic mass is 16.3. The molecule has 1 N–H and O–H groups in total. The number of fused-ring (bicyclic) bond motifs is 1. The van der Waals surface area contributed by atoms with Crippen LogP contribution in [0, 0.1) is 0 Å². The summed E-state index contributed by atoms with van der Waals surface area (Å²) in [4.78, 5) is 4.51. The van der Waals surface area contributed by atoms with E-state index in [1.54, 1.807) is 6.26 Å². The van der Waals surface area contributed by atoms with Crippen molar-refractivity contribution in [3.8, 4) is 0 Å². The average molecular weight is 252 g/mol. The quantitative estimate of drug-likeness (QED) is 0.774. The number of furan rings is 1. The molecule has 1 aromatic carbocycles. The maximum absolute atomic E-state index is 5.44. The first-order chi connectivity index (χ1) is 9.38. The van der Waals surface area contributed by atoms with E-state index in [4.69, 9.17) is 4.42 Å². The van der Waals surface area contributed by atoms with E-state index in [2.05, 4.69) is 34.6 Å². The first-order valence-corrected chi connectivity index (χ1v) is 6.42. The average Bonchev–Trinajstić information content (AvgIpc) is 2.97. The molecule has 3 aromatic rings. The fourth-order valence-electron chi connectivity index (χ4n) is 2.41. The third kappa shape index (κ3) is 2.37. The van der Waals surface area contributed by atoms with E-state index in [-0.39, 0.29) is 6.04 Å². The van der Waals surface area contributed by atoms with Crippen LogP contribution in [0.3, 0.4) is 0 Å². The van der Waals surface area contributed by atoms with Gasteiger partial charge in [-0.1, -0.05) is 24.3 Å². The summed E-state index contributed by atoms with van der Waals surface area (Å²) in [6.45, 7) is 0. The van der Waals surface area contributed by atoms with Gasteiger partial charge in [-0.15, -0.1) is 0 Å². The maximum atomic E-state index is 5.44. The molecule has 3 nitrogen and oxygen atoms in total. The van der Waals surface area contributed by atoms with E-state index >= 15 is 0 Å². The number of rotatable bonds is 4. The van der Waals surface area contributed by atoms with Crippen LogP contribution in [0.5, 0.6) is 0 Å². The molecule has 19 heavy (non-hydrogen) atoms. The lowest BCUT2D eigenvalue weighted by Gasteiger charge is -2.17. The van der Waals surface area contributed by atoms with E-state index in [0.29, 0.717) is 0 Å². The van der Waals surface area contributed by atoms with Crippen LogP contribution in [-0.4, -0.2) is 12.0 Å². The van der Waals surface area contributed by atoms with Crippen molar-refractivity contribution in [1.82, 2.24) is 10.3 Å². The predicted octanol–water partition coefficient (Wildman–Crippen LogP) is 3.33. The summed E-state index contributed by atoms with van der Waals surface area (Å²) in [6.07, 6.45) is 4.37. The number of likely N-dealkylation sites (N-methyl/N-ethyl adjacent to an activating group) is 1.